The van der Waals surface area contributed by atoms with Crippen LogP contribution in [0.1, 0.15) is 16.6 Å². The van der Waals surface area contributed by atoms with Crippen LogP contribution in [-0.4, -0.2) is 31.1 Å². The minimum Gasteiger partial charge on any atom is -0.479 e. The van der Waals surface area contributed by atoms with E-state index in [1.54, 1.807) is 17.9 Å². The fourth-order valence-electron chi connectivity index (χ4n) is 1.36. The predicted octanol–water partition coefficient (Wildman–Crippen LogP) is 0.818. The van der Waals surface area contributed by atoms with E-state index in [1.807, 2.05) is 6.92 Å². The highest BCUT2D eigenvalue weighted by Gasteiger charge is 2.22. The van der Waals surface area contributed by atoms with Crippen molar-refractivity contribution >= 4 is 22.4 Å². The number of aromatic nitrogens is 4. The molecule has 0 aliphatic rings. The lowest BCUT2D eigenvalue weighted by Gasteiger charge is -2.10. The van der Waals surface area contributed by atoms with Crippen molar-refractivity contribution in [3.8, 4) is 0 Å². The van der Waals surface area contributed by atoms with E-state index in [0.29, 0.717) is 10.7 Å². The molecule has 0 aliphatic carbocycles. The molecule has 0 fully saturated rings. The summed E-state index contributed by atoms with van der Waals surface area (Å²) in [7, 11) is 1.73. The molecular weight excluding hydrogens is 242 g/mol. The highest BCUT2D eigenvalue weighted by Crippen LogP contribution is 2.22. The van der Waals surface area contributed by atoms with Crippen molar-refractivity contribution < 1.29 is 9.90 Å². The number of nitrogens with zero attached hydrogens (tertiary/aromatic N) is 4. The van der Waals surface area contributed by atoms with Crippen molar-refractivity contribution in [1.82, 2.24) is 20.0 Å². The molecule has 7 nitrogen and oxygen atoms in total. The predicted molar refractivity (Wildman–Crippen MR) is 61.9 cm³/mol. The van der Waals surface area contributed by atoms with Crippen molar-refractivity contribution in [3.63, 3.8) is 0 Å². The smallest absolute Gasteiger partial charge is 0.331 e. The topological polar surface area (TPSA) is 92.9 Å². The van der Waals surface area contributed by atoms with Gasteiger partial charge >= 0.3 is 5.97 Å². The molecule has 0 amide bonds. The Balaban J connectivity index is 2.21. The normalized spacial score (nSPS) is 12.4. The molecule has 2 aromatic heterocycles. The number of hydrogen-bond acceptors (Lipinski definition) is 6. The molecule has 2 heterocycles. The zero-order valence-corrected chi connectivity index (χ0v) is 10.1. The molecule has 2 aromatic rings. The third-order valence-electron chi connectivity index (χ3n) is 2.10. The second kappa shape index (κ2) is 4.50. The molecule has 0 saturated heterocycles. The zero-order chi connectivity index (χ0) is 12.4. The molecule has 8 heteroatoms. The van der Waals surface area contributed by atoms with Gasteiger partial charge in [0.15, 0.2) is 6.04 Å². The van der Waals surface area contributed by atoms with Gasteiger partial charge in [-0.1, -0.05) is 11.3 Å². The van der Waals surface area contributed by atoms with Crippen LogP contribution in [0.3, 0.4) is 0 Å². The van der Waals surface area contributed by atoms with Crippen LogP contribution < -0.4 is 5.32 Å². The second-order valence-corrected chi connectivity index (χ2v) is 4.67. The third kappa shape index (κ3) is 2.59. The monoisotopic (exact) mass is 253 g/mol. The number of rotatable bonds is 4. The van der Waals surface area contributed by atoms with Crippen molar-refractivity contribution in [3.05, 3.63) is 23.0 Å². The molecule has 0 saturated carbocycles. The molecule has 2 rings (SSSR count). The Hall–Kier alpha value is -1.96. The van der Waals surface area contributed by atoms with E-state index in [1.165, 1.54) is 17.5 Å². The van der Waals surface area contributed by atoms with Crippen LogP contribution in [0.5, 0.6) is 0 Å². The summed E-state index contributed by atoms with van der Waals surface area (Å²) in [6, 6.07) is -0.865. The molecular formula is C9H11N5O2S. The Morgan fingerprint density at radius 1 is 1.59 bits per heavy atom. The molecule has 0 bridgehead atoms. The standard InChI is InChI=1S/C9H11N5O2S/c1-5-12-13-9(17-5)11-7(8(15)16)6-3-10-14(2)4-6/h3-4,7H,1-2H3,(H,11,13)(H,15,16). The van der Waals surface area contributed by atoms with E-state index in [0.717, 1.165) is 5.01 Å². The van der Waals surface area contributed by atoms with Crippen molar-refractivity contribution in [2.24, 2.45) is 7.05 Å². The van der Waals surface area contributed by atoms with E-state index in [9.17, 15) is 4.79 Å². The molecule has 90 valence electrons. The van der Waals surface area contributed by atoms with E-state index < -0.39 is 12.0 Å². The van der Waals surface area contributed by atoms with Crippen LogP contribution in [0.25, 0.3) is 0 Å². The van der Waals surface area contributed by atoms with Gasteiger partial charge in [0.2, 0.25) is 5.13 Å². The largest absolute Gasteiger partial charge is 0.479 e. The van der Waals surface area contributed by atoms with E-state index in [2.05, 4.69) is 20.6 Å². The average molecular weight is 253 g/mol. The number of nitrogens with one attached hydrogen (secondary N) is 1. The molecule has 1 unspecified atom stereocenters. The number of carboxylic acid groups (broad SMARTS) is 1. The Labute approximate surface area is 101 Å². The second-order valence-electron chi connectivity index (χ2n) is 3.49. The summed E-state index contributed by atoms with van der Waals surface area (Å²) in [6.07, 6.45) is 3.17. The minimum absolute atomic E-state index is 0.485. The average Bonchev–Trinajstić information content (AvgIpc) is 2.83. The fraction of sp³-hybridized carbons (Fsp3) is 0.333. The molecule has 0 radical (unpaired) electrons. The van der Waals surface area contributed by atoms with E-state index >= 15 is 0 Å². The van der Waals surface area contributed by atoms with Crippen LogP contribution in [-0.2, 0) is 11.8 Å². The van der Waals surface area contributed by atoms with Gasteiger partial charge in [-0.25, -0.2) is 4.79 Å². The van der Waals surface area contributed by atoms with Gasteiger partial charge in [-0.3, -0.25) is 4.68 Å². The number of hydrogen-bond donors (Lipinski definition) is 2. The molecule has 0 spiro atoms. The summed E-state index contributed by atoms with van der Waals surface area (Å²) < 4.78 is 1.55. The molecule has 2 N–H and O–H groups in total. The lowest BCUT2D eigenvalue weighted by atomic mass is 10.2. The van der Waals surface area contributed by atoms with E-state index in [4.69, 9.17) is 5.11 Å². The number of aryl methyl sites for hydroxylation is 2. The number of aliphatic carboxylic acids is 1. The van der Waals surface area contributed by atoms with Crippen molar-refractivity contribution in [2.75, 3.05) is 5.32 Å². The maximum atomic E-state index is 11.2. The maximum Gasteiger partial charge on any atom is 0.331 e. The highest BCUT2D eigenvalue weighted by molar-refractivity contribution is 7.15. The first-order valence-corrected chi connectivity index (χ1v) is 5.66. The molecule has 0 aromatic carbocycles. The van der Waals surface area contributed by atoms with E-state index in [-0.39, 0.29) is 0 Å². The summed E-state index contributed by atoms with van der Waals surface area (Å²) >= 11 is 1.31. The SMILES string of the molecule is Cc1nnc(NC(C(=O)O)c2cnn(C)c2)s1. The number of carbonyl (C=O) groups is 1. The Morgan fingerprint density at radius 3 is 2.82 bits per heavy atom. The van der Waals surface area contributed by atoms with Gasteiger partial charge in [-0.15, -0.1) is 10.2 Å². The van der Waals surface area contributed by atoms with Gasteiger partial charge in [0, 0.05) is 18.8 Å². The summed E-state index contributed by atoms with van der Waals surface area (Å²) in [5, 5.41) is 24.9. The minimum atomic E-state index is -0.981. The van der Waals surface area contributed by atoms with Gasteiger partial charge in [0.1, 0.15) is 5.01 Å². The zero-order valence-electron chi connectivity index (χ0n) is 9.28. The van der Waals surface area contributed by atoms with Crippen LogP contribution in [0, 0.1) is 6.92 Å². The quantitative estimate of drug-likeness (QED) is 0.837. The summed E-state index contributed by atoms with van der Waals surface area (Å²) in [4.78, 5) is 11.2. The first kappa shape index (κ1) is 11.5. The van der Waals surface area contributed by atoms with Gasteiger partial charge in [0.05, 0.1) is 6.20 Å². The Bertz CT molecular complexity index is 535. The lowest BCUT2D eigenvalue weighted by molar-refractivity contribution is -0.138. The lowest BCUT2D eigenvalue weighted by Crippen LogP contribution is -2.20. The van der Waals surface area contributed by atoms with Crippen LogP contribution in [0.4, 0.5) is 5.13 Å². The molecule has 17 heavy (non-hydrogen) atoms. The summed E-state index contributed by atoms with van der Waals surface area (Å²) in [6.45, 7) is 1.81. The summed E-state index contributed by atoms with van der Waals surface area (Å²) in [5.74, 6) is -0.981. The van der Waals surface area contributed by atoms with Crippen molar-refractivity contribution in [1.29, 1.82) is 0 Å². The maximum absolute atomic E-state index is 11.2. The van der Waals surface area contributed by atoms with Crippen LogP contribution >= 0.6 is 11.3 Å². The van der Waals surface area contributed by atoms with Crippen LogP contribution in [0.15, 0.2) is 12.4 Å². The first-order valence-electron chi connectivity index (χ1n) is 4.84. The Morgan fingerprint density at radius 2 is 2.35 bits per heavy atom. The first-order chi connectivity index (χ1) is 8.06. The molecule has 1 atom stereocenters. The number of carboxylic acids is 1. The molecule has 0 aliphatic heterocycles. The van der Waals surface area contributed by atoms with Gasteiger partial charge in [0.25, 0.3) is 0 Å². The van der Waals surface area contributed by atoms with Gasteiger partial charge in [-0.05, 0) is 6.92 Å². The van der Waals surface area contributed by atoms with Gasteiger partial charge in [-0.2, -0.15) is 5.10 Å². The van der Waals surface area contributed by atoms with Crippen LogP contribution in [0.2, 0.25) is 0 Å². The van der Waals surface area contributed by atoms with Gasteiger partial charge < -0.3 is 10.4 Å². The Kier molecular flexibility index (Phi) is 3.05. The third-order valence-corrected chi connectivity index (χ3v) is 2.87. The summed E-state index contributed by atoms with van der Waals surface area (Å²) in [5.41, 5.74) is 0.577. The van der Waals surface area contributed by atoms with Crippen molar-refractivity contribution in [2.45, 2.75) is 13.0 Å². The highest BCUT2D eigenvalue weighted by atomic mass is 32.1. The fourth-order valence-corrected chi connectivity index (χ4v) is 1.98. The number of anilines is 1.